The number of hydrogen-bond donors (Lipinski definition) is 0. The van der Waals surface area contributed by atoms with Crippen LogP contribution in [0.4, 0.5) is 0 Å². The van der Waals surface area contributed by atoms with E-state index < -0.39 is 0 Å². The molecule has 0 saturated carbocycles. The maximum atomic E-state index is 4.00. The van der Waals surface area contributed by atoms with Gasteiger partial charge in [-0.05, 0) is 18.2 Å². The molecule has 9 heavy (non-hydrogen) atoms. The van der Waals surface area contributed by atoms with Crippen LogP contribution in [-0.4, -0.2) is 9.61 Å². The van der Waals surface area contributed by atoms with E-state index in [4.69, 9.17) is 0 Å². The van der Waals surface area contributed by atoms with Crippen LogP contribution in [0.2, 0.25) is 0 Å². The Kier molecular flexibility index (Phi) is 0.803. The Morgan fingerprint density at radius 2 is 2.56 bits per heavy atom. The molecule has 0 spiro atoms. The van der Waals surface area contributed by atoms with E-state index in [1.54, 1.807) is 10.7 Å². The Bertz CT molecular complexity index is 281. The van der Waals surface area contributed by atoms with Gasteiger partial charge in [0.1, 0.15) is 0 Å². The minimum atomic E-state index is 1.08. The third kappa shape index (κ3) is 0.598. The summed E-state index contributed by atoms with van der Waals surface area (Å²) < 4.78 is 1.80. The fourth-order valence-corrected chi connectivity index (χ4v) is 0.823. The molecule has 0 aliphatic rings. The van der Waals surface area contributed by atoms with E-state index in [0.717, 1.165) is 5.52 Å². The molecule has 2 rings (SSSR count). The van der Waals surface area contributed by atoms with Crippen molar-refractivity contribution < 1.29 is 0 Å². The molecular formula is C7H5N2. The Balaban J connectivity index is 2.95. The first-order valence-corrected chi connectivity index (χ1v) is 2.76. The summed E-state index contributed by atoms with van der Waals surface area (Å²) in [5.41, 5.74) is 1.08. The van der Waals surface area contributed by atoms with Gasteiger partial charge in [-0.2, -0.15) is 5.10 Å². The lowest BCUT2D eigenvalue weighted by Gasteiger charge is -1.86. The van der Waals surface area contributed by atoms with Crippen molar-refractivity contribution in [1.82, 2.24) is 9.61 Å². The summed E-state index contributed by atoms with van der Waals surface area (Å²) in [7, 11) is 0. The Morgan fingerprint density at radius 3 is 3.44 bits per heavy atom. The monoisotopic (exact) mass is 117 g/mol. The third-order valence-electron chi connectivity index (χ3n) is 1.25. The fraction of sp³-hybridized carbons (Fsp3) is 0. The zero-order chi connectivity index (χ0) is 6.10. The largest absolute Gasteiger partial charge is 0.241 e. The van der Waals surface area contributed by atoms with Crippen molar-refractivity contribution in [3.05, 3.63) is 36.7 Å². The van der Waals surface area contributed by atoms with Crippen LogP contribution in [0.5, 0.6) is 0 Å². The smallest absolute Gasteiger partial charge is 0.0652 e. The molecule has 1 radical (unpaired) electrons. The number of hydrogen-bond acceptors (Lipinski definition) is 1. The summed E-state index contributed by atoms with van der Waals surface area (Å²) in [4.78, 5) is 0. The van der Waals surface area contributed by atoms with Gasteiger partial charge in [0.2, 0.25) is 0 Å². The molecule has 0 amide bonds. The first kappa shape index (κ1) is 4.56. The van der Waals surface area contributed by atoms with Crippen LogP contribution in [0.1, 0.15) is 0 Å². The number of rotatable bonds is 0. The molecular weight excluding hydrogens is 112 g/mol. The van der Waals surface area contributed by atoms with E-state index in [1.165, 1.54) is 0 Å². The first-order valence-electron chi connectivity index (χ1n) is 2.76. The van der Waals surface area contributed by atoms with Crippen molar-refractivity contribution in [2.45, 2.75) is 0 Å². The van der Waals surface area contributed by atoms with Crippen LogP contribution in [0.3, 0.4) is 0 Å². The molecule has 2 aromatic rings. The van der Waals surface area contributed by atoms with Crippen LogP contribution in [0.25, 0.3) is 5.52 Å². The highest BCUT2D eigenvalue weighted by Crippen LogP contribution is 1.98. The zero-order valence-corrected chi connectivity index (χ0v) is 4.78. The van der Waals surface area contributed by atoms with E-state index in [0.29, 0.717) is 0 Å². The average molecular weight is 117 g/mol. The lowest BCUT2D eigenvalue weighted by atomic mass is 10.5. The van der Waals surface area contributed by atoms with E-state index in [9.17, 15) is 0 Å². The molecule has 0 unspecified atom stereocenters. The quantitative estimate of drug-likeness (QED) is 0.505. The lowest BCUT2D eigenvalue weighted by molar-refractivity contribution is 0.940. The molecule has 0 aromatic carbocycles. The van der Waals surface area contributed by atoms with Gasteiger partial charge in [0.25, 0.3) is 0 Å². The molecule has 2 nitrogen and oxygen atoms in total. The second kappa shape index (κ2) is 1.58. The Labute approximate surface area is 52.7 Å². The van der Waals surface area contributed by atoms with Crippen molar-refractivity contribution in [1.29, 1.82) is 0 Å². The summed E-state index contributed by atoms with van der Waals surface area (Å²) in [6.45, 7) is 0. The summed E-state index contributed by atoms with van der Waals surface area (Å²) >= 11 is 0. The van der Waals surface area contributed by atoms with Gasteiger partial charge >= 0.3 is 0 Å². The van der Waals surface area contributed by atoms with Crippen LogP contribution in [0, 0.1) is 6.07 Å². The van der Waals surface area contributed by atoms with Gasteiger partial charge in [-0.3, -0.25) is 0 Å². The van der Waals surface area contributed by atoms with Crippen LogP contribution >= 0.6 is 0 Å². The maximum absolute atomic E-state index is 4.00. The lowest BCUT2D eigenvalue weighted by Crippen LogP contribution is -1.84. The van der Waals surface area contributed by atoms with E-state index in [2.05, 4.69) is 11.2 Å². The van der Waals surface area contributed by atoms with Crippen LogP contribution in [0.15, 0.2) is 30.6 Å². The van der Waals surface area contributed by atoms with Gasteiger partial charge in [0.05, 0.1) is 11.7 Å². The van der Waals surface area contributed by atoms with Crippen molar-refractivity contribution in [2.75, 3.05) is 0 Å². The Hall–Kier alpha value is -1.31. The van der Waals surface area contributed by atoms with Gasteiger partial charge in [-0.15, -0.1) is 0 Å². The molecule has 2 aromatic heterocycles. The summed E-state index contributed by atoms with van der Waals surface area (Å²) in [6.07, 6.45) is 3.55. The highest BCUT2D eigenvalue weighted by molar-refractivity contribution is 5.44. The minimum Gasteiger partial charge on any atom is -0.241 e. The second-order valence-electron chi connectivity index (χ2n) is 1.83. The predicted molar refractivity (Wildman–Crippen MR) is 34.0 cm³/mol. The Morgan fingerprint density at radius 1 is 1.56 bits per heavy atom. The second-order valence-corrected chi connectivity index (χ2v) is 1.83. The van der Waals surface area contributed by atoms with Gasteiger partial charge < -0.3 is 0 Å². The SMILES string of the molecule is [c]1cnn2cccc2c1. The summed E-state index contributed by atoms with van der Waals surface area (Å²) in [5, 5.41) is 4.00. The zero-order valence-electron chi connectivity index (χ0n) is 4.78. The van der Waals surface area contributed by atoms with Gasteiger partial charge in [0, 0.05) is 12.3 Å². The van der Waals surface area contributed by atoms with Gasteiger partial charge in [-0.1, -0.05) is 0 Å². The predicted octanol–water partition coefficient (Wildman–Crippen LogP) is 1.13. The molecule has 0 aliphatic carbocycles. The number of nitrogens with zero attached hydrogens (tertiary/aromatic N) is 2. The molecule has 2 heterocycles. The molecule has 0 fully saturated rings. The molecule has 0 bridgehead atoms. The maximum Gasteiger partial charge on any atom is 0.0652 e. The molecule has 2 heteroatoms. The first-order chi connectivity index (χ1) is 4.47. The van der Waals surface area contributed by atoms with Crippen molar-refractivity contribution in [3.8, 4) is 0 Å². The molecule has 0 atom stereocenters. The third-order valence-corrected chi connectivity index (χ3v) is 1.25. The molecule has 43 valence electrons. The number of aromatic nitrogens is 2. The van der Waals surface area contributed by atoms with Crippen LogP contribution in [-0.2, 0) is 0 Å². The van der Waals surface area contributed by atoms with Crippen molar-refractivity contribution >= 4 is 5.52 Å². The van der Waals surface area contributed by atoms with Gasteiger partial charge in [0.15, 0.2) is 0 Å². The van der Waals surface area contributed by atoms with Crippen LogP contribution < -0.4 is 0 Å². The van der Waals surface area contributed by atoms with E-state index in [1.807, 2.05) is 24.4 Å². The summed E-state index contributed by atoms with van der Waals surface area (Å²) in [6, 6.07) is 8.73. The minimum absolute atomic E-state index is 1.08. The highest BCUT2D eigenvalue weighted by atomic mass is 15.2. The van der Waals surface area contributed by atoms with Gasteiger partial charge in [-0.25, -0.2) is 4.52 Å². The van der Waals surface area contributed by atoms with E-state index >= 15 is 0 Å². The van der Waals surface area contributed by atoms with Crippen molar-refractivity contribution in [3.63, 3.8) is 0 Å². The molecule has 0 aliphatic heterocycles. The highest BCUT2D eigenvalue weighted by Gasteiger charge is 1.85. The number of fused-ring (bicyclic) bond motifs is 1. The molecule has 0 N–H and O–H groups in total. The topological polar surface area (TPSA) is 17.3 Å². The normalized spacial score (nSPS) is 10.2. The van der Waals surface area contributed by atoms with E-state index in [-0.39, 0.29) is 0 Å². The van der Waals surface area contributed by atoms with Crippen molar-refractivity contribution in [2.24, 2.45) is 0 Å². The fourth-order valence-electron chi connectivity index (χ4n) is 0.823. The summed E-state index contributed by atoms with van der Waals surface area (Å²) in [5.74, 6) is 0. The molecule has 0 saturated heterocycles. The average Bonchev–Trinajstić information content (AvgIpc) is 2.33. The standard InChI is InChI=1S/C7H5N2/c1-3-7-4-2-6-9(7)8-5-1/h2-6H.